The van der Waals surface area contributed by atoms with Gasteiger partial charge in [0.1, 0.15) is 0 Å². The number of fused-ring (bicyclic) bond motifs is 1. The Bertz CT molecular complexity index is 819. The fraction of sp³-hybridized carbons (Fsp3) is 0.200. The predicted molar refractivity (Wildman–Crippen MR) is 93.4 cm³/mol. The number of nitrogens with one attached hydrogen (secondary N) is 1. The van der Waals surface area contributed by atoms with Crippen LogP contribution in [-0.2, 0) is 0 Å². The lowest BCUT2D eigenvalue weighted by atomic mass is 10.0. The first-order chi connectivity index (χ1) is 11.2. The monoisotopic (exact) mass is 304 g/mol. The summed E-state index contributed by atoms with van der Waals surface area (Å²) in [4.78, 5) is 17.0. The summed E-state index contributed by atoms with van der Waals surface area (Å²) in [7, 11) is 0. The van der Waals surface area contributed by atoms with E-state index in [0.29, 0.717) is 5.56 Å². The van der Waals surface area contributed by atoms with Crippen molar-refractivity contribution in [3.05, 3.63) is 77.5 Å². The van der Waals surface area contributed by atoms with Crippen molar-refractivity contribution in [3.63, 3.8) is 0 Å². The van der Waals surface area contributed by atoms with E-state index in [1.165, 1.54) is 5.56 Å². The lowest BCUT2D eigenvalue weighted by molar-refractivity contribution is 0.0937. The fourth-order valence-electron chi connectivity index (χ4n) is 2.76. The zero-order chi connectivity index (χ0) is 16.2. The highest BCUT2D eigenvalue weighted by molar-refractivity contribution is 6.06. The number of carbonyl (C=O) groups excluding carboxylic acids is 1. The summed E-state index contributed by atoms with van der Waals surface area (Å²) in [6, 6.07) is 17.7. The average Bonchev–Trinajstić information content (AvgIpc) is 2.60. The van der Waals surface area contributed by atoms with Crippen molar-refractivity contribution in [2.24, 2.45) is 0 Å². The van der Waals surface area contributed by atoms with Gasteiger partial charge in [0.2, 0.25) is 0 Å². The van der Waals surface area contributed by atoms with Gasteiger partial charge in [0, 0.05) is 17.1 Å². The van der Waals surface area contributed by atoms with Gasteiger partial charge in [-0.25, -0.2) is 0 Å². The molecule has 0 aliphatic heterocycles. The van der Waals surface area contributed by atoms with Gasteiger partial charge in [-0.3, -0.25) is 9.78 Å². The Hall–Kier alpha value is -2.68. The molecule has 0 aliphatic carbocycles. The van der Waals surface area contributed by atoms with Crippen LogP contribution < -0.4 is 5.32 Å². The Kier molecular flexibility index (Phi) is 4.38. The summed E-state index contributed by atoms with van der Waals surface area (Å²) in [5, 5.41) is 4.02. The normalized spacial score (nSPS) is 12.1. The van der Waals surface area contributed by atoms with Crippen LogP contribution in [-0.4, -0.2) is 10.9 Å². The van der Waals surface area contributed by atoms with Crippen LogP contribution >= 0.6 is 0 Å². The van der Waals surface area contributed by atoms with E-state index in [1.807, 2.05) is 30.3 Å². The van der Waals surface area contributed by atoms with Crippen LogP contribution in [0, 0.1) is 6.92 Å². The van der Waals surface area contributed by atoms with E-state index in [2.05, 4.69) is 48.4 Å². The van der Waals surface area contributed by atoms with Crippen molar-refractivity contribution in [2.45, 2.75) is 26.3 Å². The molecule has 3 nitrogen and oxygen atoms in total. The molecule has 0 spiro atoms. The molecule has 0 saturated carbocycles. The number of pyridine rings is 1. The molecule has 0 fully saturated rings. The molecule has 1 aromatic heterocycles. The van der Waals surface area contributed by atoms with Gasteiger partial charge in [0.15, 0.2) is 0 Å². The molecule has 0 aliphatic rings. The molecule has 3 rings (SSSR count). The topological polar surface area (TPSA) is 42.0 Å². The van der Waals surface area contributed by atoms with E-state index >= 15 is 0 Å². The van der Waals surface area contributed by atoms with Crippen LogP contribution in [0.4, 0.5) is 0 Å². The summed E-state index contributed by atoms with van der Waals surface area (Å²) in [5.41, 5.74) is 3.85. The molecule has 23 heavy (non-hydrogen) atoms. The second kappa shape index (κ2) is 6.61. The second-order valence-corrected chi connectivity index (χ2v) is 5.72. The SMILES string of the molecule is CC[C@@H](NC(=O)c1cccc2ncccc12)c1ccc(C)cc1. The number of nitrogens with zero attached hydrogens (tertiary/aromatic N) is 1. The maximum Gasteiger partial charge on any atom is 0.252 e. The number of amides is 1. The zero-order valence-electron chi connectivity index (χ0n) is 13.4. The fourth-order valence-corrected chi connectivity index (χ4v) is 2.76. The van der Waals surface area contributed by atoms with Crippen LogP contribution in [0.1, 0.15) is 40.9 Å². The van der Waals surface area contributed by atoms with E-state index < -0.39 is 0 Å². The van der Waals surface area contributed by atoms with Gasteiger partial charge in [0.05, 0.1) is 11.6 Å². The van der Waals surface area contributed by atoms with E-state index in [-0.39, 0.29) is 11.9 Å². The van der Waals surface area contributed by atoms with Crippen molar-refractivity contribution in [3.8, 4) is 0 Å². The molecule has 0 radical (unpaired) electrons. The smallest absolute Gasteiger partial charge is 0.252 e. The Morgan fingerprint density at radius 2 is 1.87 bits per heavy atom. The molecule has 2 aromatic carbocycles. The molecule has 3 aromatic rings. The van der Waals surface area contributed by atoms with Gasteiger partial charge < -0.3 is 5.32 Å². The van der Waals surface area contributed by atoms with Gasteiger partial charge in [-0.15, -0.1) is 0 Å². The molecule has 1 amide bonds. The number of carbonyl (C=O) groups is 1. The molecular formula is C20H20N2O. The highest BCUT2D eigenvalue weighted by Crippen LogP contribution is 2.20. The number of hydrogen-bond acceptors (Lipinski definition) is 2. The predicted octanol–water partition coefficient (Wildman–Crippen LogP) is 4.42. The third-order valence-electron chi connectivity index (χ3n) is 4.08. The van der Waals surface area contributed by atoms with E-state index in [9.17, 15) is 4.79 Å². The van der Waals surface area contributed by atoms with Gasteiger partial charge in [-0.05, 0) is 37.1 Å². The molecule has 116 valence electrons. The molecule has 0 unspecified atom stereocenters. The minimum absolute atomic E-state index is 0.00928. The van der Waals surface area contributed by atoms with Crippen LogP contribution in [0.2, 0.25) is 0 Å². The van der Waals surface area contributed by atoms with E-state index in [4.69, 9.17) is 0 Å². The first kappa shape index (κ1) is 15.2. The number of aromatic nitrogens is 1. The summed E-state index contributed by atoms with van der Waals surface area (Å²) in [5.74, 6) is -0.0592. The van der Waals surface area contributed by atoms with Crippen LogP contribution in [0.5, 0.6) is 0 Å². The van der Waals surface area contributed by atoms with Gasteiger partial charge >= 0.3 is 0 Å². The number of benzene rings is 2. The van der Waals surface area contributed by atoms with Crippen LogP contribution in [0.15, 0.2) is 60.8 Å². The maximum atomic E-state index is 12.7. The van der Waals surface area contributed by atoms with Crippen LogP contribution in [0.25, 0.3) is 10.9 Å². The Morgan fingerprint density at radius 3 is 2.61 bits per heavy atom. The zero-order valence-corrected chi connectivity index (χ0v) is 13.4. The largest absolute Gasteiger partial charge is 0.345 e. The minimum atomic E-state index is -0.0592. The lowest BCUT2D eigenvalue weighted by Gasteiger charge is -2.18. The van der Waals surface area contributed by atoms with Crippen molar-refractivity contribution in [1.82, 2.24) is 10.3 Å². The van der Waals surface area contributed by atoms with E-state index in [0.717, 1.165) is 22.9 Å². The van der Waals surface area contributed by atoms with Crippen molar-refractivity contribution in [1.29, 1.82) is 0 Å². The number of rotatable bonds is 4. The summed E-state index contributed by atoms with van der Waals surface area (Å²) >= 11 is 0. The van der Waals surface area contributed by atoms with Crippen molar-refractivity contribution in [2.75, 3.05) is 0 Å². The highest BCUT2D eigenvalue weighted by Gasteiger charge is 2.16. The van der Waals surface area contributed by atoms with Gasteiger partial charge in [-0.2, -0.15) is 0 Å². The quantitative estimate of drug-likeness (QED) is 0.775. The molecule has 1 atom stereocenters. The summed E-state index contributed by atoms with van der Waals surface area (Å²) in [6.45, 7) is 4.14. The third-order valence-corrected chi connectivity index (χ3v) is 4.08. The summed E-state index contributed by atoms with van der Waals surface area (Å²) in [6.07, 6.45) is 2.59. The third kappa shape index (κ3) is 3.24. The number of hydrogen-bond donors (Lipinski definition) is 1. The van der Waals surface area contributed by atoms with Gasteiger partial charge in [-0.1, -0.05) is 48.9 Å². The highest BCUT2D eigenvalue weighted by atomic mass is 16.1. The van der Waals surface area contributed by atoms with Crippen LogP contribution in [0.3, 0.4) is 0 Å². The Balaban J connectivity index is 1.88. The Labute approximate surface area is 136 Å². The first-order valence-corrected chi connectivity index (χ1v) is 7.90. The molecule has 1 N–H and O–H groups in total. The van der Waals surface area contributed by atoms with Crippen molar-refractivity contribution >= 4 is 16.8 Å². The molecule has 1 heterocycles. The second-order valence-electron chi connectivity index (χ2n) is 5.72. The average molecular weight is 304 g/mol. The minimum Gasteiger partial charge on any atom is -0.345 e. The maximum absolute atomic E-state index is 12.7. The first-order valence-electron chi connectivity index (χ1n) is 7.90. The standard InChI is InChI=1S/C20H20N2O/c1-3-18(15-11-9-14(2)10-12-15)22-20(23)17-6-4-8-19-16(17)7-5-13-21-19/h4-13,18H,3H2,1-2H3,(H,22,23)/t18-/m1/s1. The molecule has 3 heteroatoms. The number of aryl methyl sites for hydroxylation is 1. The molecule has 0 saturated heterocycles. The van der Waals surface area contributed by atoms with E-state index in [1.54, 1.807) is 6.20 Å². The molecule has 0 bridgehead atoms. The molecular weight excluding hydrogens is 284 g/mol. The van der Waals surface area contributed by atoms with Gasteiger partial charge in [0.25, 0.3) is 5.91 Å². The Morgan fingerprint density at radius 1 is 1.09 bits per heavy atom. The van der Waals surface area contributed by atoms with Crippen molar-refractivity contribution < 1.29 is 4.79 Å². The lowest BCUT2D eigenvalue weighted by Crippen LogP contribution is -2.28. The summed E-state index contributed by atoms with van der Waals surface area (Å²) < 4.78 is 0.